The van der Waals surface area contributed by atoms with Crippen molar-refractivity contribution in [1.29, 1.82) is 0 Å². The van der Waals surface area contributed by atoms with Crippen molar-refractivity contribution in [3.63, 3.8) is 0 Å². The van der Waals surface area contributed by atoms with E-state index >= 15 is 0 Å². The SMILES string of the molecule is CN1NNN=C1NC(=O)c1ccc(OC(F)(F)C(F)F)c(NS(C)(=O)=O)c1Cl. The average Bonchev–Trinajstić information content (AvgIpc) is 2.94. The molecule has 0 aromatic heterocycles. The minimum atomic E-state index is -4.93. The number of carbonyl (C=O) groups is 1. The van der Waals surface area contributed by atoms with E-state index in [1.807, 2.05) is 0 Å². The minimum absolute atomic E-state index is 0.00301. The zero-order valence-corrected chi connectivity index (χ0v) is 15.6. The fourth-order valence-electron chi connectivity index (χ4n) is 1.85. The second kappa shape index (κ2) is 7.84. The van der Waals surface area contributed by atoms with Gasteiger partial charge >= 0.3 is 12.5 Å². The third-order valence-corrected chi connectivity index (χ3v) is 4.03. The molecule has 16 heteroatoms. The van der Waals surface area contributed by atoms with Crippen LogP contribution >= 0.6 is 11.6 Å². The van der Waals surface area contributed by atoms with Gasteiger partial charge in [-0.1, -0.05) is 11.6 Å². The van der Waals surface area contributed by atoms with Gasteiger partial charge in [-0.2, -0.15) is 17.6 Å². The maximum absolute atomic E-state index is 13.2. The van der Waals surface area contributed by atoms with E-state index < -0.39 is 44.9 Å². The molecule has 1 amide bonds. The van der Waals surface area contributed by atoms with Crippen LogP contribution in [0.4, 0.5) is 23.2 Å². The third kappa shape index (κ3) is 5.05. The standard InChI is InChI=1S/C12H13ClF4N6O4S/c1-23-11(19-21-22-23)18-9(24)5-3-4-6(27-12(16,17)10(14)15)8(7(5)13)20-28(2,25)26/h3-4,10,20-22H,1-2H3,(H,18,19,24). The van der Waals surface area contributed by atoms with Crippen molar-refractivity contribution in [1.82, 2.24) is 21.4 Å². The molecule has 0 saturated heterocycles. The van der Waals surface area contributed by atoms with Gasteiger partial charge in [-0.3, -0.25) is 19.8 Å². The Kier molecular flexibility index (Phi) is 6.10. The minimum Gasteiger partial charge on any atom is -0.426 e. The normalized spacial score (nSPS) is 14.6. The molecule has 28 heavy (non-hydrogen) atoms. The summed E-state index contributed by atoms with van der Waals surface area (Å²) in [4.78, 5) is 12.3. The Morgan fingerprint density at radius 3 is 2.54 bits per heavy atom. The Labute approximate surface area is 160 Å². The maximum atomic E-state index is 13.2. The first-order valence-electron chi connectivity index (χ1n) is 7.10. The summed E-state index contributed by atoms with van der Waals surface area (Å²) in [6, 6.07) is 1.58. The molecule has 10 nitrogen and oxygen atoms in total. The summed E-state index contributed by atoms with van der Waals surface area (Å²) < 4.78 is 80.0. The second-order valence-electron chi connectivity index (χ2n) is 5.31. The molecule has 2 rings (SSSR count). The van der Waals surface area contributed by atoms with Crippen LogP contribution in [-0.2, 0) is 10.0 Å². The third-order valence-electron chi connectivity index (χ3n) is 3.06. The average molecular weight is 449 g/mol. The van der Waals surface area contributed by atoms with E-state index in [0.29, 0.717) is 12.3 Å². The topological polar surface area (TPSA) is 124 Å². The lowest BCUT2D eigenvalue weighted by molar-refractivity contribution is -0.252. The van der Waals surface area contributed by atoms with Crippen LogP contribution in [0, 0.1) is 0 Å². The van der Waals surface area contributed by atoms with Gasteiger partial charge in [0.2, 0.25) is 16.0 Å². The van der Waals surface area contributed by atoms with E-state index in [9.17, 15) is 30.8 Å². The molecule has 1 aliphatic rings. The number of carbonyl (C=O) groups excluding carboxylic acids is 1. The van der Waals surface area contributed by atoms with E-state index in [1.165, 1.54) is 12.1 Å². The van der Waals surface area contributed by atoms with Crippen LogP contribution < -0.4 is 25.8 Å². The van der Waals surface area contributed by atoms with Crippen molar-refractivity contribution < 1.29 is 35.5 Å². The predicted octanol–water partition coefficient (Wildman–Crippen LogP) is 0.904. The molecule has 0 saturated carbocycles. The van der Waals surface area contributed by atoms with Gasteiger partial charge in [-0.25, -0.2) is 14.0 Å². The van der Waals surface area contributed by atoms with Crippen LogP contribution in [0.25, 0.3) is 0 Å². The fourth-order valence-corrected chi connectivity index (χ4v) is 2.77. The summed E-state index contributed by atoms with van der Waals surface area (Å²) in [6.45, 7) is 0. The number of nitrogens with zero attached hydrogens (tertiary/aromatic N) is 2. The lowest BCUT2D eigenvalue weighted by Gasteiger charge is -2.21. The number of halogens is 5. The van der Waals surface area contributed by atoms with Crippen LogP contribution in [0.1, 0.15) is 10.4 Å². The molecule has 156 valence electrons. The van der Waals surface area contributed by atoms with Crippen LogP contribution in [0.3, 0.4) is 0 Å². The number of nitrogens with one attached hydrogen (secondary N) is 4. The number of amides is 1. The Hall–Kier alpha value is -2.52. The quantitative estimate of drug-likeness (QED) is 0.477. The highest BCUT2D eigenvalue weighted by atomic mass is 35.5. The second-order valence-corrected chi connectivity index (χ2v) is 7.44. The molecule has 1 aliphatic heterocycles. The van der Waals surface area contributed by atoms with Gasteiger partial charge in [0, 0.05) is 7.05 Å². The number of alkyl halides is 4. The molecular formula is C12H13ClF4N6O4S. The highest BCUT2D eigenvalue weighted by Crippen LogP contribution is 2.39. The summed E-state index contributed by atoms with van der Waals surface area (Å²) in [5.74, 6) is -1.90. The summed E-state index contributed by atoms with van der Waals surface area (Å²) >= 11 is 5.96. The number of hydrazine groups is 2. The van der Waals surface area contributed by atoms with Crippen molar-refractivity contribution >= 4 is 39.2 Å². The molecular weight excluding hydrogens is 436 g/mol. The monoisotopic (exact) mass is 448 g/mol. The van der Waals surface area contributed by atoms with Crippen LogP contribution in [0.15, 0.2) is 17.2 Å². The molecule has 1 aromatic rings. The Morgan fingerprint density at radius 1 is 1.39 bits per heavy atom. The van der Waals surface area contributed by atoms with Crippen LogP contribution in [0.2, 0.25) is 5.02 Å². The number of rotatable bonds is 6. The number of anilines is 1. The molecule has 0 radical (unpaired) electrons. The van der Waals surface area contributed by atoms with E-state index in [-0.39, 0.29) is 11.5 Å². The number of sulfonamides is 1. The Bertz CT molecular complexity index is 914. The molecule has 0 atom stereocenters. The van der Waals surface area contributed by atoms with Gasteiger partial charge in [0.25, 0.3) is 5.91 Å². The summed E-state index contributed by atoms with van der Waals surface area (Å²) in [7, 11) is -2.62. The smallest absolute Gasteiger partial charge is 0.426 e. The number of ether oxygens (including phenoxy) is 1. The zero-order chi connectivity index (χ0) is 21.3. The van der Waals surface area contributed by atoms with E-state index in [0.717, 1.165) is 6.07 Å². The highest BCUT2D eigenvalue weighted by Gasteiger charge is 2.45. The highest BCUT2D eigenvalue weighted by molar-refractivity contribution is 7.92. The van der Waals surface area contributed by atoms with E-state index in [4.69, 9.17) is 11.6 Å². The number of guanidine groups is 1. The van der Waals surface area contributed by atoms with Crippen molar-refractivity contribution in [2.24, 2.45) is 5.10 Å². The lowest BCUT2D eigenvalue weighted by Crippen LogP contribution is -2.45. The summed E-state index contributed by atoms with van der Waals surface area (Å²) in [5, 5.41) is 6.58. The fraction of sp³-hybridized carbons (Fsp3) is 0.333. The van der Waals surface area contributed by atoms with E-state index in [2.05, 4.69) is 26.2 Å². The number of hydrazone groups is 1. The first-order valence-corrected chi connectivity index (χ1v) is 9.37. The zero-order valence-electron chi connectivity index (χ0n) is 14.1. The summed E-state index contributed by atoms with van der Waals surface area (Å²) in [6.07, 6.45) is -8.47. The van der Waals surface area contributed by atoms with E-state index in [1.54, 1.807) is 4.72 Å². The largest absolute Gasteiger partial charge is 0.461 e. The first kappa shape index (κ1) is 21.8. The molecule has 0 unspecified atom stereocenters. The molecule has 4 N–H and O–H groups in total. The molecule has 0 aliphatic carbocycles. The Morgan fingerprint density at radius 2 is 2.04 bits per heavy atom. The number of hydrogen-bond donors (Lipinski definition) is 4. The lowest BCUT2D eigenvalue weighted by atomic mass is 10.1. The van der Waals surface area contributed by atoms with Crippen molar-refractivity contribution in [3.05, 3.63) is 22.7 Å². The van der Waals surface area contributed by atoms with Gasteiger partial charge in [0.1, 0.15) is 5.69 Å². The Balaban J connectivity index is 2.44. The maximum Gasteiger partial charge on any atom is 0.461 e. The van der Waals surface area contributed by atoms with Gasteiger partial charge < -0.3 is 4.74 Å². The molecule has 1 heterocycles. The van der Waals surface area contributed by atoms with Crippen molar-refractivity contribution in [2.75, 3.05) is 18.0 Å². The van der Waals surface area contributed by atoms with Gasteiger partial charge in [0.05, 0.1) is 16.8 Å². The molecule has 0 bridgehead atoms. The number of hydrogen-bond acceptors (Lipinski definition) is 8. The van der Waals surface area contributed by atoms with Crippen molar-refractivity contribution in [2.45, 2.75) is 12.5 Å². The molecule has 0 fully saturated rings. The van der Waals surface area contributed by atoms with Gasteiger partial charge in [-0.15, -0.1) is 10.6 Å². The van der Waals surface area contributed by atoms with Crippen molar-refractivity contribution in [3.8, 4) is 5.75 Å². The molecule has 1 aromatic carbocycles. The summed E-state index contributed by atoms with van der Waals surface area (Å²) in [5.41, 5.74) is 3.64. The number of benzene rings is 1. The predicted molar refractivity (Wildman–Crippen MR) is 90.4 cm³/mol. The van der Waals surface area contributed by atoms with Gasteiger partial charge in [0.15, 0.2) is 5.75 Å². The van der Waals surface area contributed by atoms with Gasteiger partial charge in [-0.05, 0) is 12.1 Å². The van der Waals surface area contributed by atoms with Crippen LogP contribution in [0.5, 0.6) is 5.75 Å². The van der Waals surface area contributed by atoms with Crippen LogP contribution in [-0.4, -0.2) is 51.1 Å². The first-order chi connectivity index (χ1) is 12.8. The molecule has 0 spiro atoms.